The highest BCUT2D eigenvalue weighted by molar-refractivity contribution is 6.30. The second-order valence-electron chi connectivity index (χ2n) is 5.52. The fourth-order valence-electron chi connectivity index (χ4n) is 2.65. The Morgan fingerprint density at radius 3 is 2.72 bits per heavy atom. The molecule has 2 aromatic carbocycles. The number of nitrogens with zero attached hydrogens (tertiary/aromatic N) is 1. The van der Waals surface area contributed by atoms with Gasteiger partial charge in [0.15, 0.2) is 12.0 Å². The van der Waals surface area contributed by atoms with Crippen molar-refractivity contribution >= 4 is 23.5 Å². The molecule has 0 spiro atoms. The van der Waals surface area contributed by atoms with Crippen molar-refractivity contribution in [2.75, 3.05) is 7.11 Å². The van der Waals surface area contributed by atoms with Crippen LogP contribution < -0.4 is 0 Å². The molecule has 2 atom stereocenters. The van der Waals surface area contributed by atoms with Gasteiger partial charge < -0.3 is 14.6 Å². The van der Waals surface area contributed by atoms with Crippen LogP contribution in [0.4, 0.5) is 4.39 Å². The summed E-state index contributed by atoms with van der Waals surface area (Å²) in [6, 6.07) is 12.7. The van der Waals surface area contributed by atoms with E-state index in [4.69, 9.17) is 16.3 Å². The van der Waals surface area contributed by atoms with Crippen LogP contribution in [0.15, 0.2) is 53.5 Å². The predicted molar refractivity (Wildman–Crippen MR) is 89.6 cm³/mol. The molecular weight excluding hydrogens is 349 g/mol. The van der Waals surface area contributed by atoms with E-state index in [1.54, 1.807) is 30.3 Å². The van der Waals surface area contributed by atoms with Crippen LogP contribution in [0.25, 0.3) is 0 Å². The molecule has 7 heteroatoms. The summed E-state index contributed by atoms with van der Waals surface area (Å²) < 4.78 is 23.8. The van der Waals surface area contributed by atoms with Gasteiger partial charge in [0.1, 0.15) is 12.2 Å². The number of methoxy groups -OCH3 is 1. The van der Waals surface area contributed by atoms with E-state index in [0.717, 1.165) is 0 Å². The highest BCUT2D eigenvalue weighted by Crippen LogP contribution is 2.44. The van der Waals surface area contributed by atoms with Gasteiger partial charge in [0.2, 0.25) is 5.72 Å². The standard InChI is InChI=1S/C18H15ClFNO4/c1-24-16(22)10-15-21-18(23,12-5-3-2-4-6-12)17(25-15)11-7-8-14(20)13(19)9-11/h2-9,17,23H,10H2,1H3. The number of ether oxygens (including phenoxy) is 2. The first-order valence-electron chi connectivity index (χ1n) is 7.49. The monoisotopic (exact) mass is 363 g/mol. The lowest BCUT2D eigenvalue weighted by Gasteiger charge is -2.27. The molecule has 1 aliphatic rings. The van der Waals surface area contributed by atoms with Crippen molar-refractivity contribution in [2.24, 2.45) is 4.99 Å². The second kappa shape index (κ2) is 6.82. The lowest BCUT2D eigenvalue weighted by molar-refractivity contribution is -0.139. The van der Waals surface area contributed by atoms with Gasteiger partial charge in [-0.05, 0) is 17.7 Å². The minimum absolute atomic E-state index is 0.0312. The van der Waals surface area contributed by atoms with Gasteiger partial charge in [-0.2, -0.15) is 0 Å². The summed E-state index contributed by atoms with van der Waals surface area (Å²) in [5, 5.41) is 11.1. The van der Waals surface area contributed by atoms with E-state index in [-0.39, 0.29) is 17.3 Å². The maximum absolute atomic E-state index is 13.5. The molecule has 0 bridgehead atoms. The van der Waals surface area contributed by atoms with E-state index in [9.17, 15) is 14.3 Å². The molecule has 1 N–H and O–H groups in total. The van der Waals surface area contributed by atoms with Gasteiger partial charge in [0, 0.05) is 5.56 Å². The number of halogens is 2. The molecule has 0 aliphatic carbocycles. The lowest BCUT2D eigenvalue weighted by atomic mass is 9.93. The Hall–Kier alpha value is -2.44. The quantitative estimate of drug-likeness (QED) is 0.846. The number of esters is 1. The summed E-state index contributed by atoms with van der Waals surface area (Å²) in [7, 11) is 1.25. The summed E-state index contributed by atoms with van der Waals surface area (Å²) in [5.74, 6) is -1.10. The average Bonchev–Trinajstić information content (AvgIpc) is 2.95. The van der Waals surface area contributed by atoms with Crippen LogP contribution in [-0.2, 0) is 20.0 Å². The third kappa shape index (κ3) is 3.36. The van der Waals surface area contributed by atoms with Crippen LogP contribution in [-0.4, -0.2) is 24.1 Å². The maximum atomic E-state index is 13.5. The van der Waals surface area contributed by atoms with Crippen molar-refractivity contribution in [3.05, 3.63) is 70.5 Å². The van der Waals surface area contributed by atoms with E-state index in [1.807, 2.05) is 0 Å². The zero-order chi connectivity index (χ0) is 18.0. The first kappa shape index (κ1) is 17.4. The molecule has 0 saturated carbocycles. The molecule has 1 heterocycles. The van der Waals surface area contributed by atoms with Crippen LogP contribution in [0.2, 0.25) is 5.02 Å². The fourth-order valence-corrected chi connectivity index (χ4v) is 2.83. The predicted octanol–water partition coefficient (Wildman–Crippen LogP) is 3.36. The zero-order valence-electron chi connectivity index (χ0n) is 13.3. The minimum atomic E-state index is -1.77. The average molecular weight is 364 g/mol. The number of carbonyl (C=O) groups is 1. The van der Waals surface area contributed by atoms with Crippen LogP contribution in [0.3, 0.4) is 0 Å². The molecule has 1 aliphatic heterocycles. The topological polar surface area (TPSA) is 68.1 Å². The van der Waals surface area contributed by atoms with E-state index in [0.29, 0.717) is 11.1 Å². The van der Waals surface area contributed by atoms with Crippen molar-refractivity contribution in [2.45, 2.75) is 18.2 Å². The molecule has 3 rings (SSSR count). The van der Waals surface area contributed by atoms with E-state index < -0.39 is 23.6 Å². The molecule has 5 nitrogen and oxygen atoms in total. The molecule has 0 aromatic heterocycles. The van der Waals surface area contributed by atoms with Gasteiger partial charge in [-0.3, -0.25) is 4.79 Å². The molecular formula is C18H15ClFNO4. The Morgan fingerprint density at radius 2 is 2.08 bits per heavy atom. The second-order valence-corrected chi connectivity index (χ2v) is 5.93. The molecule has 0 radical (unpaired) electrons. The largest absolute Gasteiger partial charge is 0.469 e. The molecule has 2 unspecified atom stereocenters. The summed E-state index contributed by atoms with van der Waals surface area (Å²) in [4.78, 5) is 15.7. The number of aliphatic hydroxyl groups is 1. The summed E-state index contributed by atoms with van der Waals surface area (Å²) in [6.45, 7) is 0. The number of aliphatic imine (C=N–C) groups is 1. The Morgan fingerprint density at radius 1 is 1.36 bits per heavy atom. The van der Waals surface area contributed by atoms with E-state index >= 15 is 0 Å². The molecule has 130 valence electrons. The van der Waals surface area contributed by atoms with Crippen molar-refractivity contribution in [3.63, 3.8) is 0 Å². The number of hydrogen-bond acceptors (Lipinski definition) is 5. The molecule has 2 aromatic rings. The molecule has 0 fully saturated rings. The van der Waals surface area contributed by atoms with Crippen molar-refractivity contribution in [1.29, 1.82) is 0 Å². The Labute approximate surface area is 148 Å². The number of benzene rings is 2. The highest BCUT2D eigenvalue weighted by Gasteiger charge is 2.47. The maximum Gasteiger partial charge on any atom is 0.314 e. The summed E-state index contributed by atoms with van der Waals surface area (Å²) >= 11 is 5.85. The van der Waals surface area contributed by atoms with Crippen molar-refractivity contribution in [3.8, 4) is 0 Å². The van der Waals surface area contributed by atoms with Gasteiger partial charge in [0.25, 0.3) is 0 Å². The third-order valence-electron chi connectivity index (χ3n) is 3.88. The third-order valence-corrected chi connectivity index (χ3v) is 4.17. The van der Waals surface area contributed by atoms with Gasteiger partial charge in [-0.15, -0.1) is 0 Å². The van der Waals surface area contributed by atoms with Crippen LogP contribution in [0.1, 0.15) is 23.7 Å². The number of hydrogen-bond donors (Lipinski definition) is 1. The van der Waals surface area contributed by atoms with Crippen LogP contribution >= 0.6 is 11.6 Å². The van der Waals surface area contributed by atoms with Gasteiger partial charge >= 0.3 is 5.97 Å². The molecule has 0 saturated heterocycles. The smallest absolute Gasteiger partial charge is 0.314 e. The first-order valence-corrected chi connectivity index (χ1v) is 7.87. The van der Waals surface area contributed by atoms with Crippen molar-refractivity contribution in [1.82, 2.24) is 0 Å². The van der Waals surface area contributed by atoms with Crippen LogP contribution in [0.5, 0.6) is 0 Å². The first-order chi connectivity index (χ1) is 11.9. The van der Waals surface area contributed by atoms with Gasteiger partial charge in [0.05, 0.1) is 12.1 Å². The van der Waals surface area contributed by atoms with Gasteiger partial charge in [-0.1, -0.05) is 48.0 Å². The molecule has 25 heavy (non-hydrogen) atoms. The highest BCUT2D eigenvalue weighted by atomic mass is 35.5. The molecule has 0 amide bonds. The number of rotatable bonds is 4. The SMILES string of the molecule is COC(=O)CC1=NC(O)(c2ccccc2)C(c2ccc(F)c(Cl)c2)O1. The minimum Gasteiger partial charge on any atom is -0.469 e. The lowest BCUT2D eigenvalue weighted by Crippen LogP contribution is -2.28. The van der Waals surface area contributed by atoms with Crippen molar-refractivity contribution < 1.29 is 23.8 Å². The van der Waals surface area contributed by atoms with Gasteiger partial charge in [-0.25, -0.2) is 9.38 Å². The Balaban J connectivity index is 2.04. The number of carbonyl (C=O) groups excluding carboxylic acids is 1. The van der Waals surface area contributed by atoms with E-state index in [1.165, 1.54) is 25.3 Å². The Kier molecular flexibility index (Phi) is 4.74. The summed E-state index contributed by atoms with van der Waals surface area (Å²) in [5.41, 5.74) is -0.868. The zero-order valence-corrected chi connectivity index (χ0v) is 14.0. The van der Waals surface area contributed by atoms with E-state index in [2.05, 4.69) is 9.73 Å². The van der Waals surface area contributed by atoms with Crippen LogP contribution in [0, 0.1) is 5.82 Å². The summed E-state index contributed by atoms with van der Waals surface area (Å²) in [6.07, 6.45) is -1.20. The Bertz CT molecular complexity index is 827. The normalized spacial score (nSPS) is 22.2. The fraction of sp³-hybridized carbons (Fsp3) is 0.222.